The summed E-state index contributed by atoms with van der Waals surface area (Å²) in [6.07, 6.45) is 0. The smallest absolute Gasteiger partial charge is 0.00264 e. The Labute approximate surface area is 314 Å². The molecule has 250 valence electrons. The zero-order valence-corrected chi connectivity index (χ0v) is 29.6. The normalized spacial score (nSPS) is 11.7. The lowest BCUT2D eigenvalue weighted by molar-refractivity contribution is 1.60. The molecule has 0 spiro atoms. The Hall–Kier alpha value is -7.02. The highest BCUT2D eigenvalue weighted by Crippen LogP contribution is 2.44. The number of benzene rings is 11. The Kier molecular flexibility index (Phi) is 6.97. The fraction of sp³-hybridized carbons (Fsp3) is 0. The van der Waals surface area contributed by atoms with E-state index in [4.69, 9.17) is 0 Å². The van der Waals surface area contributed by atoms with Crippen molar-refractivity contribution in [2.45, 2.75) is 0 Å². The van der Waals surface area contributed by atoms with Gasteiger partial charge in [0.2, 0.25) is 0 Å². The van der Waals surface area contributed by atoms with Crippen LogP contribution >= 0.6 is 0 Å². The molecule has 0 unspecified atom stereocenters. The molecular weight excluding hydrogens is 649 g/mol. The van der Waals surface area contributed by atoms with E-state index in [1.807, 2.05) is 0 Å². The molecule has 0 nitrogen and oxygen atoms in total. The first-order valence-electron chi connectivity index (χ1n) is 18.7. The highest BCUT2D eigenvalue weighted by Gasteiger charge is 2.17. The second-order valence-electron chi connectivity index (χ2n) is 14.5. The van der Waals surface area contributed by atoms with Gasteiger partial charge in [-0.05, 0) is 146 Å². The zero-order valence-electron chi connectivity index (χ0n) is 29.6. The molecule has 0 aromatic heterocycles. The van der Waals surface area contributed by atoms with Crippen molar-refractivity contribution in [3.63, 3.8) is 0 Å². The van der Waals surface area contributed by atoms with E-state index in [0.717, 1.165) is 0 Å². The van der Waals surface area contributed by atoms with E-state index < -0.39 is 0 Å². The average Bonchev–Trinajstić information content (AvgIpc) is 3.23. The van der Waals surface area contributed by atoms with Crippen LogP contribution in [0, 0.1) is 0 Å². The molecule has 0 amide bonds. The van der Waals surface area contributed by atoms with Gasteiger partial charge in [-0.2, -0.15) is 0 Å². The van der Waals surface area contributed by atoms with Gasteiger partial charge >= 0.3 is 0 Å². The summed E-state index contributed by atoms with van der Waals surface area (Å²) >= 11 is 0. The monoisotopic (exact) mass is 682 g/mol. The molecule has 0 saturated heterocycles. The first kappa shape index (κ1) is 30.6. The van der Waals surface area contributed by atoms with Crippen LogP contribution in [-0.2, 0) is 0 Å². The molecule has 0 saturated carbocycles. The van der Waals surface area contributed by atoms with Crippen molar-refractivity contribution < 1.29 is 0 Å². The molecule has 11 aromatic rings. The standard InChI is InChI=1S/C54H34/c1-7-19-46-37(13-1)29-38-14-2-8-20-47(38)52(46)36-27-25-35(26-28-36)43-32-44(53-48-21-9-3-15-39(48)30-40-16-4-10-22-49(40)53)34-45(33-43)54-50-23-11-5-17-41(50)31-42-18-6-12-24-51(42)54/h1-34H. The fourth-order valence-corrected chi connectivity index (χ4v) is 8.89. The van der Waals surface area contributed by atoms with Crippen molar-refractivity contribution in [2.75, 3.05) is 0 Å². The van der Waals surface area contributed by atoms with Crippen LogP contribution in [0.1, 0.15) is 0 Å². The summed E-state index contributed by atoms with van der Waals surface area (Å²) in [5, 5.41) is 15.1. The van der Waals surface area contributed by atoms with Crippen molar-refractivity contribution in [2.24, 2.45) is 0 Å². The van der Waals surface area contributed by atoms with Crippen LogP contribution in [0.4, 0.5) is 0 Å². The number of rotatable bonds is 4. The molecule has 0 atom stereocenters. The summed E-state index contributed by atoms with van der Waals surface area (Å²) in [7, 11) is 0. The van der Waals surface area contributed by atoms with Crippen LogP contribution in [0.15, 0.2) is 206 Å². The predicted octanol–water partition coefficient (Wildman–Crippen LogP) is 15.3. The predicted molar refractivity (Wildman–Crippen MR) is 233 cm³/mol. The molecule has 0 heteroatoms. The molecule has 0 heterocycles. The second-order valence-corrected chi connectivity index (χ2v) is 14.5. The van der Waals surface area contributed by atoms with Crippen LogP contribution in [0.3, 0.4) is 0 Å². The van der Waals surface area contributed by atoms with E-state index in [2.05, 4.69) is 206 Å². The lowest BCUT2D eigenvalue weighted by Gasteiger charge is -2.18. The number of hydrogen-bond donors (Lipinski definition) is 0. The molecule has 0 bridgehead atoms. The SMILES string of the molecule is c1ccc2c(-c3ccc(-c4cc(-c5c6ccccc6cc6ccccc56)cc(-c5c6ccccc6cc6ccccc56)c4)cc3)c3ccccc3cc2c1. The van der Waals surface area contributed by atoms with E-state index in [9.17, 15) is 0 Å². The molecule has 11 aromatic carbocycles. The van der Waals surface area contributed by atoms with Crippen molar-refractivity contribution in [1.82, 2.24) is 0 Å². The molecule has 11 rings (SSSR count). The third-order valence-electron chi connectivity index (χ3n) is 11.3. The van der Waals surface area contributed by atoms with Crippen LogP contribution in [0.25, 0.3) is 109 Å². The molecule has 0 aliphatic rings. The lowest BCUT2D eigenvalue weighted by atomic mass is 9.85. The summed E-state index contributed by atoms with van der Waals surface area (Å²) in [6.45, 7) is 0. The van der Waals surface area contributed by atoms with Gasteiger partial charge in [0.05, 0.1) is 0 Å². The minimum Gasteiger partial charge on any atom is -0.0616 e. The van der Waals surface area contributed by atoms with Gasteiger partial charge in [0.25, 0.3) is 0 Å². The zero-order chi connectivity index (χ0) is 35.6. The minimum atomic E-state index is 1.19. The second kappa shape index (κ2) is 12.3. The summed E-state index contributed by atoms with van der Waals surface area (Å²) in [5.41, 5.74) is 9.89. The Bertz CT molecular complexity index is 2960. The maximum Gasteiger partial charge on any atom is -0.00264 e. The van der Waals surface area contributed by atoms with Gasteiger partial charge in [-0.1, -0.05) is 170 Å². The largest absolute Gasteiger partial charge is 0.0616 e. The lowest BCUT2D eigenvalue weighted by Crippen LogP contribution is -1.91. The summed E-state index contributed by atoms with van der Waals surface area (Å²) < 4.78 is 0. The van der Waals surface area contributed by atoms with Gasteiger partial charge in [-0.3, -0.25) is 0 Å². The molecule has 54 heavy (non-hydrogen) atoms. The van der Waals surface area contributed by atoms with Gasteiger partial charge in [0.15, 0.2) is 0 Å². The quantitative estimate of drug-likeness (QED) is 0.162. The molecule has 0 aliphatic carbocycles. The Morgan fingerprint density at radius 1 is 0.167 bits per heavy atom. The molecule has 0 aliphatic heterocycles. The van der Waals surface area contributed by atoms with Gasteiger partial charge < -0.3 is 0 Å². The summed E-state index contributed by atoms with van der Waals surface area (Å²) in [6, 6.07) is 76.3. The van der Waals surface area contributed by atoms with Crippen molar-refractivity contribution in [3.05, 3.63) is 206 Å². The van der Waals surface area contributed by atoms with Gasteiger partial charge in [0.1, 0.15) is 0 Å². The van der Waals surface area contributed by atoms with Gasteiger partial charge in [0, 0.05) is 0 Å². The molecule has 0 fully saturated rings. The van der Waals surface area contributed by atoms with E-state index in [1.165, 1.54) is 109 Å². The number of fused-ring (bicyclic) bond motifs is 6. The van der Waals surface area contributed by atoms with Gasteiger partial charge in [-0.15, -0.1) is 0 Å². The molecule has 0 N–H and O–H groups in total. The topological polar surface area (TPSA) is 0 Å². The van der Waals surface area contributed by atoms with E-state index >= 15 is 0 Å². The minimum absolute atomic E-state index is 1.19. The Morgan fingerprint density at radius 2 is 0.407 bits per heavy atom. The third kappa shape index (κ3) is 4.92. The summed E-state index contributed by atoms with van der Waals surface area (Å²) in [4.78, 5) is 0. The maximum atomic E-state index is 2.43. The number of hydrogen-bond acceptors (Lipinski definition) is 0. The van der Waals surface area contributed by atoms with Crippen molar-refractivity contribution in [3.8, 4) is 44.5 Å². The van der Waals surface area contributed by atoms with Crippen LogP contribution in [0.5, 0.6) is 0 Å². The van der Waals surface area contributed by atoms with Gasteiger partial charge in [-0.25, -0.2) is 0 Å². The van der Waals surface area contributed by atoms with Crippen LogP contribution in [-0.4, -0.2) is 0 Å². The maximum absolute atomic E-state index is 2.43. The van der Waals surface area contributed by atoms with E-state index in [0.29, 0.717) is 0 Å². The first-order valence-corrected chi connectivity index (χ1v) is 18.7. The summed E-state index contributed by atoms with van der Waals surface area (Å²) in [5.74, 6) is 0. The highest BCUT2D eigenvalue weighted by atomic mass is 14.2. The van der Waals surface area contributed by atoms with E-state index in [-0.39, 0.29) is 0 Å². The third-order valence-corrected chi connectivity index (χ3v) is 11.3. The average molecular weight is 683 g/mol. The fourth-order valence-electron chi connectivity index (χ4n) is 8.89. The Morgan fingerprint density at radius 3 is 0.722 bits per heavy atom. The first-order chi connectivity index (χ1) is 26.8. The van der Waals surface area contributed by atoms with Crippen molar-refractivity contribution >= 4 is 64.6 Å². The van der Waals surface area contributed by atoms with Crippen molar-refractivity contribution in [1.29, 1.82) is 0 Å². The molecule has 0 radical (unpaired) electrons. The van der Waals surface area contributed by atoms with Crippen LogP contribution < -0.4 is 0 Å². The van der Waals surface area contributed by atoms with Crippen LogP contribution in [0.2, 0.25) is 0 Å². The molecular formula is C54H34. The van der Waals surface area contributed by atoms with E-state index in [1.54, 1.807) is 0 Å². The Balaban J connectivity index is 1.19. The highest BCUT2D eigenvalue weighted by molar-refractivity contribution is 6.16.